The van der Waals surface area contributed by atoms with Gasteiger partial charge in [-0.05, 0) is 23.0 Å². The summed E-state index contributed by atoms with van der Waals surface area (Å²) in [4.78, 5) is 12.8. The first-order valence-electron chi connectivity index (χ1n) is 9.21. The lowest BCUT2D eigenvalue weighted by molar-refractivity contribution is 0.786. The number of aromatic nitrogens is 3. The summed E-state index contributed by atoms with van der Waals surface area (Å²) in [5.41, 5.74) is 8.38. The van der Waals surface area contributed by atoms with Gasteiger partial charge in [0.05, 0.1) is 0 Å². The summed E-state index contributed by atoms with van der Waals surface area (Å²) in [7, 11) is 0. The van der Waals surface area contributed by atoms with E-state index in [-0.39, 0.29) is 5.95 Å². The van der Waals surface area contributed by atoms with E-state index in [0.29, 0.717) is 36.8 Å². The molecular formula is C21H26N6. The molecule has 2 aromatic carbocycles. The normalized spacial score (nSPS) is 13.0. The van der Waals surface area contributed by atoms with Crippen LogP contribution in [0, 0.1) is 0 Å². The molecule has 27 heavy (non-hydrogen) atoms. The predicted molar refractivity (Wildman–Crippen MR) is 111 cm³/mol. The maximum Gasteiger partial charge on any atom is 0.229 e. The molecule has 0 bridgehead atoms. The van der Waals surface area contributed by atoms with Gasteiger partial charge in [0.25, 0.3) is 0 Å². The van der Waals surface area contributed by atoms with E-state index in [2.05, 4.69) is 63.7 Å². The third-order valence-electron chi connectivity index (χ3n) is 4.52. The van der Waals surface area contributed by atoms with Gasteiger partial charge < -0.3 is 16.4 Å². The number of hydrogen-bond donors (Lipinski definition) is 3. The van der Waals surface area contributed by atoms with Crippen LogP contribution in [0.1, 0.15) is 36.8 Å². The van der Waals surface area contributed by atoms with Crippen molar-refractivity contribution in [2.24, 2.45) is 0 Å². The maximum atomic E-state index is 5.85. The first-order valence-corrected chi connectivity index (χ1v) is 9.21. The third-order valence-corrected chi connectivity index (χ3v) is 4.52. The average molecular weight is 362 g/mol. The van der Waals surface area contributed by atoms with Crippen molar-refractivity contribution in [2.75, 3.05) is 29.5 Å². The number of benzene rings is 2. The largest absolute Gasteiger partial charge is 0.368 e. The highest BCUT2D eigenvalue weighted by Gasteiger charge is 2.10. The molecule has 3 aromatic rings. The zero-order valence-electron chi connectivity index (χ0n) is 15.8. The first-order chi connectivity index (χ1) is 13.1. The lowest BCUT2D eigenvalue weighted by Crippen LogP contribution is -2.16. The standard InChI is InChI=1S/C21H26N6/c1-15(17-9-5-3-6-10-17)13-23-20-25-19(22)26-21(27-20)24-14-16(2)18-11-7-4-8-12-18/h3-12,15-16H,13-14H2,1-2H3,(H4,22,23,24,25,26,27). The minimum atomic E-state index is 0.203. The topological polar surface area (TPSA) is 88.8 Å². The zero-order valence-corrected chi connectivity index (χ0v) is 15.8. The predicted octanol–water partition coefficient (Wildman–Crippen LogP) is 3.89. The van der Waals surface area contributed by atoms with Gasteiger partial charge in [-0.2, -0.15) is 15.0 Å². The van der Waals surface area contributed by atoms with Crippen molar-refractivity contribution in [3.8, 4) is 0 Å². The van der Waals surface area contributed by atoms with E-state index in [4.69, 9.17) is 5.73 Å². The maximum absolute atomic E-state index is 5.85. The number of anilines is 3. The second-order valence-electron chi connectivity index (χ2n) is 6.73. The van der Waals surface area contributed by atoms with Crippen molar-refractivity contribution < 1.29 is 0 Å². The second kappa shape index (κ2) is 8.98. The van der Waals surface area contributed by atoms with Crippen molar-refractivity contribution in [2.45, 2.75) is 25.7 Å². The first kappa shape index (κ1) is 18.6. The Morgan fingerprint density at radius 1 is 0.704 bits per heavy atom. The highest BCUT2D eigenvalue weighted by Crippen LogP contribution is 2.17. The number of nitrogens with zero attached hydrogens (tertiary/aromatic N) is 3. The summed E-state index contributed by atoms with van der Waals surface area (Å²) in [6.07, 6.45) is 0. The third kappa shape index (κ3) is 5.41. The van der Waals surface area contributed by atoms with Crippen molar-refractivity contribution >= 4 is 17.8 Å². The van der Waals surface area contributed by atoms with Crippen LogP contribution in [0.15, 0.2) is 60.7 Å². The Hall–Kier alpha value is -3.15. The second-order valence-corrected chi connectivity index (χ2v) is 6.73. The van der Waals surface area contributed by atoms with Gasteiger partial charge >= 0.3 is 0 Å². The molecule has 0 saturated heterocycles. The Morgan fingerprint density at radius 3 is 1.52 bits per heavy atom. The van der Waals surface area contributed by atoms with Gasteiger partial charge in [0.1, 0.15) is 0 Å². The molecule has 0 saturated carbocycles. The average Bonchev–Trinajstić information content (AvgIpc) is 2.71. The number of nitrogens with two attached hydrogens (primary N) is 1. The van der Waals surface area contributed by atoms with Gasteiger partial charge in [-0.15, -0.1) is 0 Å². The molecular weight excluding hydrogens is 336 g/mol. The monoisotopic (exact) mass is 362 g/mol. The Balaban J connectivity index is 1.59. The number of nitrogens with one attached hydrogen (secondary N) is 2. The van der Waals surface area contributed by atoms with Crippen molar-refractivity contribution in [1.82, 2.24) is 15.0 Å². The lowest BCUT2D eigenvalue weighted by atomic mass is 10.0. The van der Waals surface area contributed by atoms with E-state index in [1.54, 1.807) is 0 Å². The fourth-order valence-electron chi connectivity index (χ4n) is 2.84. The van der Waals surface area contributed by atoms with Crippen LogP contribution in [0.25, 0.3) is 0 Å². The van der Waals surface area contributed by atoms with Crippen molar-refractivity contribution in [3.05, 3.63) is 71.8 Å². The molecule has 0 spiro atoms. The van der Waals surface area contributed by atoms with Gasteiger partial charge in [-0.3, -0.25) is 0 Å². The van der Waals surface area contributed by atoms with Crippen LogP contribution >= 0.6 is 0 Å². The molecule has 0 aliphatic heterocycles. The fourth-order valence-corrected chi connectivity index (χ4v) is 2.84. The molecule has 0 fully saturated rings. The van der Waals surface area contributed by atoms with Crippen LogP contribution in [0.2, 0.25) is 0 Å². The van der Waals surface area contributed by atoms with Gasteiger partial charge in [0.2, 0.25) is 17.8 Å². The van der Waals surface area contributed by atoms with Gasteiger partial charge in [0.15, 0.2) is 0 Å². The molecule has 0 aliphatic rings. The SMILES string of the molecule is CC(CNc1nc(N)nc(NCC(C)c2ccccc2)n1)c1ccccc1. The quantitative estimate of drug-likeness (QED) is 0.563. The molecule has 0 radical (unpaired) electrons. The Labute approximate surface area is 160 Å². The summed E-state index contributed by atoms with van der Waals surface area (Å²) in [6.45, 7) is 5.75. The van der Waals surface area contributed by atoms with Crippen LogP contribution in [-0.2, 0) is 0 Å². The van der Waals surface area contributed by atoms with E-state index in [1.807, 2.05) is 36.4 Å². The molecule has 0 aliphatic carbocycles. The molecule has 140 valence electrons. The Morgan fingerprint density at radius 2 is 1.11 bits per heavy atom. The van der Waals surface area contributed by atoms with Crippen molar-refractivity contribution in [3.63, 3.8) is 0 Å². The van der Waals surface area contributed by atoms with Gasteiger partial charge in [-0.25, -0.2) is 0 Å². The van der Waals surface area contributed by atoms with E-state index in [0.717, 1.165) is 0 Å². The van der Waals surface area contributed by atoms with Crippen molar-refractivity contribution in [1.29, 1.82) is 0 Å². The minimum Gasteiger partial charge on any atom is -0.368 e. The highest BCUT2D eigenvalue weighted by molar-refractivity contribution is 5.40. The van der Waals surface area contributed by atoms with E-state index >= 15 is 0 Å². The summed E-state index contributed by atoms with van der Waals surface area (Å²) < 4.78 is 0. The number of nitrogen functional groups attached to an aromatic ring is 1. The summed E-state index contributed by atoms with van der Waals surface area (Å²) in [5, 5.41) is 6.52. The number of hydrogen-bond acceptors (Lipinski definition) is 6. The molecule has 2 atom stereocenters. The summed E-state index contributed by atoms with van der Waals surface area (Å²) in [5.74, 6) is 1.84. The zero-order chi connectivity index (χ0) is 19.1. The van der Waals surface area contributed by atoms with E-state index in [9.17, 15) is 0 Å². The van der Waals surface area contributed by atoms with Crippen LogP contribution < -0.4 is 16.4 Å². The fraction of sp³-hybridized carbons (Fsp3) is 0.286. The van der Waals surface area contributed by atoms with Crippen LogP contribution in [0.3, 0.4) is 0 Å². The number of rotatable bonds is 8. The van der Waals surface area contributed by atoms with Crippen LogP contribution in [0.4, 0.5) is 17.8 Å². The molecule has 2 unspecified atom stereocenters. The molecule has 1 heterocycles. The van der Waals surface area contributed by atoms with Crippen LogP contribution in [-0.4, -0.2) is 28.0 Å². The summed E-state index contributed by atoms with van der Waals surface area (Å²) in [6, 6.07) is 20.7. The van der Waals surface area contributed by atoms with E-state index in [1.165, 1.54) is 11.1 Å². The van der Waals surface area contributed by atoms with Crippen LogP contribution in [0.5, 0.6) is 0 Å². The Kier molecular flexibility index (Phi) is 6.20. The van der Waals surface area contributed by atoms with E-state index < -0.39 is 0 Å². The Bertz CT molecular complexity index is 770. The minimum absolute atomic E-state index is 0.203. The molecule has 6 nitrogen and oxygen atoms in total. The smallest absolute Gasteiger partial charge is 0.229 e. The summed E-state index contributed by atoms with van der Waals surface area (Å²) >= 11 is 0. The molecule has 0 amide bonds. The molecule has 6 heteroatoms. The molecule has 4 N–H and O–H groups in total. The lowest BCUT2D eigenvalue weighted by Gasteiger charge is -2.15. The van der Waals surface area contributed by atoms with Gasteiger partial charge in [-0.1, -0.05) is 74.5 Å². The molecule has 1 aromatic heterocycles. The van der Waals surface area contributed by atoms with Gasteiger partial charge in [0, 0.05) is 13.1 Å². The highest BCUT2D eigenvalue weighted by atomic mass is 15.2. The molecule has 3 rings (SSSR count).